The van der Waals surface area contributed by atoms with Crippen LogP contribution in [-0.4, -0.2) is 6.26 Å². The van der Waals surface area contributed by atoms with Crippen LogP contribution < -0.4 is 0 Å². The predicted octanol–water partition coefficient (Wildman–Crippen LogP) is 3.21. The van der Waals surface area contributed by atoms with Crippen LogP contribution in [0, 0.1) is 17.2 Å². The van der Waals surface area contributed by atoms with Gasteiger partial charge >= 0.3 is 0 Å². The molecule has 0 aromatic heterocycles. The summed E-state index contributed by atoms with van der Waals surface area (Å²) < 4.78 is 0. The van der Waals surface area contributed by atoms with E-state index in [1.165, 1.54) is 10.5 Å². The molecule has 0 radical (unpaired) electrons. The van der Waals surface area contributed by atoms with Crippen molar-refractivity contribution in [3.63, 3.8) is 0 Å². The highest BCUT2D eigenvalue weighted by Crippen LogP contribution is 2.53. The largest absolute Gasteiger partial charge is 0.198 e. The molecule has 1 saturated carbocycles. The maximum atomic E-state index is 8.85. The fraction of sp³-hybridized carbons (Fsp3) is 0.417. The molecule has 0 bridgehead atoms. The van der Waals surface area contributed by atoms with E-state index < -0.39 is 0 Å². The van der Waals surface area contributed by atoms with Crippen molar-refractivity contribution in [2.24, 2.45) is 5.92 Å². The lowest BCUT2D eigenvalue weighted by molar-refractivity contribution is 0.741. The van der Waals surface area contributed by atoms with Crippen LogP contribution in [0.3, 0.4) is 0 Å². The normalized spacial score (nSPS) is 29.6. The minimum Gasteiger partial charge on any atom is -0.198 e. The molecule has 1 nitrogen and oxygen atoms in total. The fourth-order valence-electron chi connectivity index (χ4n) is 1.84. The second-order valence-electron chi connectivity index (χ2n) is 4.03. The van der Waals surface area contributed by atoms with Crippen LogP contribution in [0.5, 0.6) is 0 Å². The van der Waals surface area contributed by atoms with Gasteiger partial charge in [0.1, 0.15) is 0 Å². The lowest BCUT2D eigenvalue weighted by Crippen LogP contribution is -2.02. The third kappa shape index (κ3) is 1.42. The number of thioether (sulfide) groups is 1. The fourth-order valence-corrected chi connectivity index (χ4v) is 2.25. The summed E-state index contributed by atoms with van der Waals surface area (Å²) in [6, 6.07) is 10.9. The molecule has 0 aliphatic heterocycles. The summed E-state index contributed by atoms with van der Waals surface area (Å²) in [4.78, 5) is 1.28. The molecule has 72 valence electrons. The molecule has 0 N–H and O–H groups in total. The summed E-state index contributed by atoms with van der Waals surface area (Å²) in [6.07, 6.45) is 3.09. The number of hydrogen-bond donors (Lipinski definition) is 0. The summed E-state index contributed by atoms with van der Waals surface area (Å²) in [6.45, 7) is 2.18. The van der Waals surface area contributed by atoms with Crippen LogP contribution in [0.1, 0.15) is 18.9 Å². The summed E-state index contributed by atoms with van der Waals surface area (Å²) in [5.41, 5.74) is 1.44. The number of hydrogen-bond acceptors (Lipinski definition) is 2. The highest BCUT2D eigenvalue weighted by molar-refractivity contribution is 7.98. The van der Waals surface area contributed by atoms with Crippen molar-refractivity contribution >= 4 is 11.8 Å². The first-order chi connectivity index (χ1) is 6.70. The number of benzene rings is 1. The van der Waals surface area contributed by atoms with Crippen LogP contribution in [0.2, 0.25) is 0 Å². The molecule has 0 spiro atoms. The molecule has 0 saturated heterocycles. The first-order valence-corrected chi connectivity index (χ1v) is 5.97. The van der Waals surface area contributed by atoms with Gasteiger partial charge in [0.15, 0.2) is 0 Å². The Morgan fingerprint density at radius 1 is 1.43 bits per heavy atom. The van der Waals surface area contributed by atoms with Gasteiger partial charge in [-0.15, -0.1) is 11.8 Å². The van der Waals surface area contributed by atoms with Crippen molar-refractivity contribution in [1.82, 2.24) is 0 Å². The summed E-state index contributed by atoms with van der Waals surface area (Å²) in [5, 5.41) is 8.85. The van der Waals surface area contributed by atoms with E-state index >= 15 is 0 Å². The molecular weight excluding hydrogens is 190 g/mol. The molecule has 14 heavy (non-hydrogen) atoms. The quantitative estimate of drug-likeness (QED) is 0.689. The zero-order valence-corrected chi connectivity index (χ0v) is 9.27. The van der Waals surface area contributed by atoms with Crippen molar-refractivity contribution in [1.29, 1.82) is 5.26 Å². The highest BCUT2D eigenvalue weighted by Gasteiger charge is 2.51. The maximum Gasteiger partial charge on any atom is 0.0665 e. The monoisotopic (exact) mass is 203 g/mol. The molecule has 1 aliphatic carbocycles. The van der Waals surface area contributed by atoms with Gasteiger partial charge < -0.3 is 0 Å². The molecule has 0 amide bonds. The second kappa shape index (κ2) is 3.33. The Labute approximate surface area is 89.1 Å². The minimum atomic E-state index is 0.131. The molecular formula is C12H13NS. The average molecular weight is 203 g/mol. The van der Waals surface area contributed by atoms with Gasteiger partial charge in [-0.3, -0.25) is 0 Å². The van der Waals surface area contributed by atoms with Gasteiger partial charge in [-0.2, -0.15) is 5.26 Å². The van der Waals surface area contributed by atoms with Crippen LogP contribution in [-0.2, 0) is 5.41 Å². The lowest BCUT2D eigenvalue weighted by Gasteiger charge is -2.09. The van der Waals surface area contributed by atoms with Gasteiger partial charge in [0.25, 0.3) is 0 Å². The van der Waals surface area contributed by atoms with Crippen LogP contribution in [0.15, 0.2) is 29.2 Å². The van der Waals surface area contributed by atoms with Gasteiger partial charge in [-0.1, -0.05) is 19.1 Å². The SMILES string of the molecule is CSc1ccc(C2(C)CC2C#N)cc1. The first kappa shape index (κ1) is 9.61. The topological polar surface area (TPSA) is 23.8 Å². The molecule has 2 heteroatoms. The smallest absolute Gasteiger partial charge is 0.0665 e. The third-order valence-electron chi connectivity index (χ3n) is 3.14. The van der Waals surface area contributed by atoms with E-state index in [0.717, 1.165) is 6.42 Å². The van der Waals surface area contributed by atoms with E-state index in [1.54, 1.807) is 11.8 Å². The summed E-state index contributed by atoms with van der Waals surface area (Å²) >= 11 is 1.75. The molecule has 2 unspecified atom stereocenters. The summed E-state index contributed by atoms with van der Waals surface area (Å²) in [7, 11) is 0. The highest BCUT2D eigenvalue weighted by atomic mass is 32.2. The van der Waals surface area contributed by atoms with E-state index in [9.17, 15) is 0 Å². The van der Waals surface area contributed by atoms with Crippen LogP contribution in [0.25, 0.3) is 0 Å². The molecule has 2 rings (SSSR count). The zero-order valence-electron chi connectivity index (χ0n) is 8.45. The van der Waals surface area contributed by atoms with Crippen LogP contribution in [0.4, 0.5) is 0 Å². The molecule has 1 aliphatic rings. The Balaban J connectivity index is 2.23. The lowest BCUT2D eigenvalue weighted by atomic mass is 9.96. The minimum absolute atomic E-state index is 0.131. The molecule has 1 aromatic rings. The number of rotatable bonds is 2. The zero-order chi connectivity index (χ0) is 10.2. The van der Waals surface area contributed by atoms with E-state index in [-0.39, 0.29) is 11.3 Å². The molecule has 2 atom stereocenters. The van der Waals surface area contributed by atoms with Gasteiger partial charge in [0.05, 0.1) is 12.0 Å². The number of nitrogens with zero attached hydrogens (tertiary/aromatic N) is 1. The van der Waals surface area contributed by atoms with Crippen molar-refractivity contribution in [2.45, 2.75) is 23.7 Å². The van der Waals surface area contributed by atoms with E-state index in [2.05, 4.69) is 43.5 Å². The second-order valence-corrected chi connectivity index (χ2v) is 4.91. The average Bonchev–Trinajstić information content (AvgIpc) is 2.91. The third-order valence-corrected chi connectivity index (χ3v) is 3.89. The number of nitriles is 1. The van der Waals surface area contributed by atoms with Crippen molar-refractivity contribution < 1.29 is 0 Å². The van der Waals surface area contributed by atoms with E-state index in [4.69, 9.17) is 5.26 Å². The first-order valence-electron chi connectivity index (χ1n) is 4.75. The van der Waals surface area contributed by atoms with E-state index in [1.807, 2.05) is 0 Å². The molecule has 1 fully saturated rings. The summed E-state index contributed by atoms with van der Waals surface area (Å²) in [5.74, 6) is 0.225. The Morgan fingerprint density at radius 2 is 2.07 bits per heavy atom. The Bertz CT molecular complexity index is 376. The Kier molecular flexibility index (Phi) is 2.28. The van der Waals surface area contributed by atoms with Crippen molar-refractivity contribution in [3.8, 4) is 6.07 Å². The Morgan fingerprint density at radius 3 is 2.50 bits per heavy atom. The predicted molar refractivity (Wildman–Crippen MR) is 59.3 cm³/mol. The Hall–Kier alpha value is -0.940. The molecule has 1 aromatic carbocycles. The van der Waals surface area contributed by atoms with Gasteiger partial charge in [0.2, 0.25) is 0 Å². The van der Waals surface area contributed by atoms with Crippen molar-refractivity contribution in [3.05, 3.63) is 29.8 Å². The van der Waals surface area contributed by atoms with Gasteiger partial charge in [-0.05, 0) is 30.4 Å². The van der Waals surface area contributed by atoms with E-state index in [0.29, 0.717) is 0 Å². The van der Waals surface area contributed by atoms with Gasteiger partial charge in [-0.25, -0.2) is 0 Å². The van der Waals surface area contributed by atoms with Gasteiger partial charge in [0, 0.05) is 10.3 Å². The van der Waals surface area contributed by atoms with Crippen LogP contribution >= 0.6 is 11.8 Å². The molecule has 0 heterocycles. The maximum absolute atomic E-state index is 8.85. The standard InChI is InChI=1S/C12H13NS/c1-12(7-10(12)8-13)9-3-5-11(14-2)6-4-9/h3-6,10H,7H2,1-2H3. The van der Waals surface area contributed by atoms with Crippen molar-refractivity contribution in [2.75, 3.05) is 6.26 Å².